The summed E-state index contributed by atoms with van der Waals surface area (Å²) in [6.45, 7) is 2.11. The van der Waals surface area contributed by atoms with Crippen LogP contribution in [0.2, 0.25) is 0 Å². The molecule has 0 heterocycles. The van der Waals surface area contributed by atoms with Gasteiger partial charge in [0.25, 0.3) is 5.91 Å². The van der Waals surface area contributed by atoms with E-state index in [1.807, 2.05) is 67.6 Å². The van der Waals surface area contributed by atoms with Crippen molar-refractivity contribution in [3.05, 3.63) is 113 Å². The van der Waals surface area contributed by atoms with Crippen LogP contribution in [0.1, 0.15) is 16.7 Å². The third-order valence-corrected chi connectivity index (χ3v) is 5.29. The molecule has 0 atom stereocenters. The van der Waals surface area contributed by atoms with Crippen LogP contribution >= 0.6 is 0 Å². The first-order valence-corrected chi connectivity index (χ1v) is 10.4. The van der Waals surface area contributed by atoms with E-state index in [0.717, 1.165) is 21.9 Å². The standard InChI is InChI=1S/C28H21FN2O2/c1-19-6-2-5-9-26(19)31-28(32)22(17-30)16-25-24-8-4-3-7-21(24)12-15-27(25)33-18-20-10-13-23(29)14-11-20/h2-16H,18H2,1H3,(H,31,32)/b22-16+. The maximum Gasteiger partial charge on any atom is 0.266 e. The van der Waals surface area contributed by atoms with E-state index in [1.165, 1.54) is 12.1 Å². The number of nitrogens with one attached hydrogen (secondary N) is 1. The van der Waals surface area contributed by atoms with Gasteiger partial charge in [0.1, 0.15) is 29.8 Å². The minimum absolute atomic E-state index is 0.0405. The van der Waals surface area contributed by atoms with Crippen molar-refractivity contribution in [3.8, 4) is 11.8 Å². The minimum atomic E-state index is -0.496. The fourth-order valence-corrected chi connectivity index (χ4v) is 3.49. The molecule has 0 bridgehead atoms. The molecule has 0 fully saturated rings. The van der Waals surface area contributed by atoms with Crippen LogP contribution in [0.4, 0.5) is 10.1 Å². The molecule has 33 heavy (non-hydrogen) atoms. The molecule has 4 rings (SSSR count). The zero-order valence-electron chi connectivity index (χ0n) is 18.0. The molecule has 0 radical (unpaired) electrons. The lowest BCUT2D eigenvalue weighted by Crippen LogP contribution is -2.14. The molecule has 4 aromatic carbocycles. The average Bonchev–Trinajstić information content (AvgIpc) is 2.84. The van der Waals surface area contributed by atoms with E-state index < -0.39 is 5.91 Å². The van der Waals surface area contributed by atoms with Gasteiger partial charge in [0.15, 0.2) is 0 Å². The number of ether oxygens (including phenoxy) is 1. The number of benzene rings is 4. The van der Waals surface area contributed by atoms with Gasteiger partial charge in [-0.3, -0.25) is 4.79 Å². The number of rotatable bonds is 6. The van der Waals surface area contributed by atoms with Crippen molar-refractivity contribution in [2.75, 3.05) is 5.32 Å². The average molecular weight is 436 g/mol. The Kier molecular flexibility index (Phi) is 6.47. The molecular formula is C28H21FN2O2. The maximum atomic E-state index is 13.2. The second-order valence-corrected chi connectivity index (χ2v) is 7.55. The third kappa shape index (κ3) is 5.08. The summed E-state index contributed by atoms with van der Waals surface area (Å²) in [5.41, 5.74) is 2.94. The second-order valence-electron chi connectivity index (χ2n) is 7.55. The maximum absolute atomic E-state index is 13.2. The van der Waals surface area contributed by atoms with Gasteiger partial charge in [0.05, 0.1) is 0 Å². The highest BCUT2D eigenvalue weighted by molar-refractivity contribution is 6.11. The quantitative estimate of drug-likeness (QED) is 0.281. The van der Waals surface area contributed by atoms with Crippen molar-refractivity contribution in [2.24, 2.45) is 0 Å². The summed E-state index contributed by atoms with van der Waals surface area (Å²) in [5.74, 6) is -0.287. The molecule has 4 aromatic rings. The van der Waals surface area contributed by atoms with Gasteiger partial charge in [-0.2, -0.15) is 5.26 Å². The molecule has 162 valence electrons. The van der Waals surface area contributed by atoms with Crippen LogP contribution in [-0.2, 0) is 11.4 Å². The van der Waals surface area contributed by atoms with E-state index in [-0.39, 0.29) is 18.0 Å². The lowest BCUT2D eigenvalue weighted by molar-refractivity contribution is -0.112. The Morgan fingerprint density at radius 1 is 1.00 bits per heavy atom. The van der Waals surface area contributed by atoms with Crippen LogP contribution in [0, 0.1) is 24.1 Å². The van der Waals surface area contributed by atoms with Crippen LogP contribution in [0.5, 0.6) is 5.75 Å². The fourth-order valence-electron chi connectivity index (χ4n) is 3.49. The minimum Gasteiger partial charge on any atom is -0.488 e. The first-order valence-electron chi connectivity index (χ1n) is 10.4. The monoisotopic (exact) mass is 436 g/mol. The van der Waals surface area contributed by atoms with Crippen LogP contribution in [0.3, 0.4) is 0 Å². The van der Waals surface area contributed by atoms with E-state index in [4.69, 9.17) is 4.74 Å². The number of para-hydroxylation sites is 1. The van der Waals surface area contributed by atoms with Gasteiger partial charge in [0.2, 0.25) is 0 Å². The molecule has 0 aromatic heterocycles. The van der Waals surface area contributed by atoms with Crippen molar-refractivity contribution >= 4 is 28.4 Å². The fraction of sp³-hybridized carbons (Fsp3) is 0.0714. The van der Waals surface area contributed by atoms with E-state index in [9.17, 15) is 14.4 Å². The molecular weight excluding hydrogens is 415 g/mol. The Morgan fingerprint density at radius 2 is 1.73 bits per heavy atom. The summed E-state index contributed by atoms with van der Waals surface area (Å²) >= 11 is 0. The Morgan fingerprint density at radius 3 is 2.48 bits per heavy atom. The number of amides is 1. The molecule has 0 aliphatic heterocycles. The molecule has 0 saturated heterocycles. The Labute approximate surface area is 191 Å². The molecule has 0 unspecified atom stereocenters. The van der Waals surface area contributed by atoms with Gasteiger partial charge in [-0.25, -0.2) is 4.39 Å². The summed E-state index contributed by atoms with van der Waals surface area (Å²) in [5, 5.41) is 14.4. The molecule has 0 aliphatic carbocycles. The molecule has 4 nitrogen and oxygen atoms in total. The van der Waals surface area contributed by atoms with Crippen LogP contribution < -0.4 is 10.1 Å². The second kappa shape index (κ2) is 9.80. The van der Waals surface area contributed by atoms with Crippen molar-refractivity contribution in [2.45, 2.75) is 13.5 Å². The number of hydrogen-bond acceptors (Lipinski definition) is 3. The molecule has 1 N–H and O–H groups in total. The molecule has 5 heteroatoms. The topological polar surface area (TPSA) is 62.1 Å². The highest BCUT2D eigenvalue weighted by Crippen LogP contribution is 2.31. The Balaban J connectivity index is 1.70. The van der Waals surface area contributed by atoms with Crippen molar-refractivity contribution < 1.29 is 13.9 Å². The number of carbonyl (C=O) groups is 1. The van der Waals surface area contributed by atoms with E-state index in [1.54, 1.807) is 24.3 Å². The number of aryl methyl sites for hydroxylation is 1. The van der Waals surface area contributed by atoms with Gasteiger partial charge in [0, 0.05) is 11.3 Å². The van der Waals surface area contributed by atoms with Crippen molar-refractivity contribution in [3.63, 3.8) is 0 Å². The molecule has 1 amide bonds. The third-order valence-electron chi connectivity index (χ3n) is 5.29. The lowest BCUT2D eigenvalue weighted by Gasteiger charge is -2.13. The number of carbonyl (C=O) groups excluding carboxylic acids is 1. The van der Waals surface area contributed by atoms with Crippen molar-refractivity contribution in [1.29, 1.82) is 5.26 Å². The first kappa shape index (κ1) is 21.8. The normalized spacial score (nSPS) is 11.1. The largest absolute Gasteiger partial charge is 0.488 e. The SMILES string of the molecule is Cc1ccccc1NC(=O)/C(C#N)=C/c1c(OCc2ccc(F)cc2)ccc2ccccc12. The molecule has 0 saturated carbocycles. The number of hydrogen-bond donors (Lipinski definition) is 1. The van der Waals surface area contributed by atoms with E-state index in [2.05, 4.69) is 5.32 Å². The van der Waals surface area contributed by atoms with Crippen molar-refractivity contribution in [1.82, 2.24) is 0 Å². The highest BCUT2D eigenvalue weighted by atomic mass is 19.1. The van der Waals surface area contributed by atoms with Crippen LogP contribution in [0.15, 0.2) is 90.5 Å². The summed E-state index contributed by atoms with van der Waals surface area (Å²) in [4.78, 5) is 12.9. The zero-order chi connectivity index (χ0) is 23.2. The van der Waals surface area contributed by atoms with Gasteiger partial charge in [-0.05, 0) is 59.2 Å². The van der Waals surface area contributed by atoms with Gasteiger partial charge in [-0.1, -0.05) is 60.7 Å². The highest BCUT2D eigenvalue weighted by Gasteiger charge is 2.14. The number of nitriles is 1. The van der Waals surface area contributed by atoms with Gasteiger partial charge in [-0.15, -0.1) is 0 Å². The van der Waals surface area contributed by atoms with E-state index >= 15 is 0 Å². The smallest absolute Gasteiger partial charge is 0.266 e. The summed E-state index contributed by atoms with van der Waals surface area (Å²) in [6, 6.07) is 26.9. The Hall–Kier alpha value is -4.43. The number of halogens is 1. The number of nitrogens with zero attached hydrogens (tertiary/aromatic N) is 1. The lowest BCUT2D eigenvalue weighted by atomic mass is 10.0. The molecule has 0 aliphatic rings. The van der Waals surface area contributed by atoms with Crippen LogP contribution in [0.25, 0.3) is 16.8 Å². The zero-order valence-corrected chi connectivity index (χ0v) is 18.0. The van der Waals surface area contributed by atoms with E-state index in [0.29, 0.717) is 17.0 Å². The van der Waals surface area contributed by atoms with Gasteiger partial charge >= 0.3 is 0 Å². The predicted molar refractivity (Wildman–Crippen MR) is 128 cm³/mol. The summed E-state index contributed by atoms with van der Waals surface area (Å²) in [6.07, 6.45) is 1.55. The van der Waals surface area contributed by atoms with Crippen LogP contribution in [-0.4, -0.2) is 5.91 Å². The van der Waals surface area contributed by atoms with Gasteiger partial charge < -0.3 is 10.1 Å². The summed E-state index contributed by atoms with van der Waals surface area (Å²) in [7, 11) is 0. The summed E-state index contributed by atoms with van der Waals surface area (Å²) < 4.78 is 19.2. The first-order chi connectivity index (χ1) is 16.0. The Bertz CT molecular complexity index is 1390. The predicted octanol–water partition coefficient (Wildman–Crippen LogP) is 6.41. The number of fused-ring (bicyclic) bond motifs is 1. The number of anilines is 1. The molecule has 0 spiro atoms.